The number of carbonyl (C=O) groups is 1. The lowest BCUT2D eigenvalue weighted by molar-refractivity contribution is 0.0665. The Balaban J connectivity index is 1.70. The normalized spacial score (nSPS) is 15.4. The van der Waals surface area contributed by atoms with Gasteiger partial charge in [0.05, 0.1) is 17.3 Å². The third-order valence-electron chi connectivity index (χ3n) is 5.60. The van der Waals surface area contributed by atoms with E-state index in [4.69, 9.17) is 0 Å². The average Bonchev–Trinajstić information content (AvgIpc) is 3.18. The molecule has 1 fully saturated rings. The molecule has 1 aliphatic heterocycles. The number of amides is 1. The van der Waals surface area contributed by atoms with Crippen molar-refractivity contribution >= 4 is 22.2 Å². The predicted octanol–water partition coefficient (Wildman–Crippen LogP) is 3.54. The first-order valence-electron chi connectivity index (χ1n) is 9.64. The van der Waals surface area contributed by atoms with Crippen LogP contribution in [0.4, 0.5) is 0 Å². The first-order valence-corrected chi connectivity index (χ1v) is 9.64. The number of imidazole rings is 1. The van der Waals surface area contributed by atoms with Gasteiger partial charge in [-0.1, -0.05) is 54.6 Å². The topological polar surface area (TPSA) is 40.9 Å². The second-order valence-electron chi connectivity index (χ2n) is 7.39. The molecule has 2 aromatic carbocycles. The zero-order valence-corrected chi connectivity index (χ0v) is 15.9. The lowest BCUT2D eigenvalue weighted by Crippen LogP contribution is -2.47. The summed E-state index contributed by atoms with van der Waals surface area (Å²) in [5, 5.41) is 2.04. The minimum Gasteiger partial charge on any atom is -0.336 e. The number of aromatic nitrogens is 2. The molecule has 1 amide bonds. The molecule has 0 spiro atoms. The molecule has 3 heterocycles. The first kappa shape index (κ1) is 17.0. The third-order valence-corrected chi connectivity index (χ3v) is 5.60. The Morgan fingerprint density at radius 2 is 1.57 bits per heavy atom. The standard InChI is InChI=1S/C23H22N4O/c1-25-11-13-26(14-12-25)23(28)20-16-27-21(19-10-6-5-9-18(19)20)15-24-22(27)17-7-3-2-4-8-17/h2-10,15-16H,11-14H2,1H3. The summed E-state index contributed by atoms with van der Waals surface area (Å²) >= 11 is 0. The minimum atomic E-state index is 0.0962. The van der Waals surface area contributed by atoms with Crippen LogP contribution in [0.2, 0.25) is 0 Å². The number of likely N-dealkylation sites (N-methyl/N-ethyl adjacent to an activating group) is 1. The van der Waals surface area contributed by atoms with Gasteiger partial charge in [0.1, 0.15) is 5.82 Å². The molecule has 1 aliphatic rings. The molecule has 0 aliphatic carbocycles. The fourth-order valence-corrected chi connectivity index (χ4v) is 3.98. The van der Waals surface area contributed by atoms with Crippen molar-refractivity contribution in [3.63, 3.8) is 0 Å². The van der Waals surface area contributed by atoms with Crippen LogP contribution >= 0.6 is 0 Å². The Morgan fingerprint density at radius 1 is 0.893 bits per heavy atom. The van der Waals surface area contributed by atoms with E-state index >= 15 is 0 Å². The van der Waals surface area contributed by atoms with Gasteiger partial charge in [0.25, 0.3) is 5.91 Å². The largest absolute Gasteiger partial charge is 0.336 e. The zero-order chi connectivity index (χ0) is 19.1. The van der Waals surface area contributed by atoms with Crippen LogP contribution in [0.1, 0.15) is 10.4 Å². The number of hydrogen-bond donors (Lipinski definition) is 0. The third kappa shape index (κ3) is 2.75. The van der Waals surface area contributed by atoms with Crippen molar-refractivity contribution in [3.8, 4) is 11.4 Å². The average molecular weight is 370 g/mol. The van der Waals surface area contributed by atoms with Gasteiger partial charge in [0, 0.05) is 43.3 Å². The highest BCUT2D eigenvalue weighted by Crippen LogP contribution is 2.29. The summed E-state index contributed by atoms with van der Waals surface area (Å²) < 4.78 is 2.06. The van der Waals surface area contributed by atoms with Crippen molar-refractivity contribution in [2.24, 2.45) is 0 Å². The number of rotatable bonds is 2. The molecule has 28 heavy (non-hydrogen) atoms. The Labute approximate surface area is 163 Å². The zero-order valence-electron chi connectivity index (χ0n) is 15.9. The fourth-order valence-electron chi connectivity index (χ4n) is 3.98. The van der Waals surface area contributed by atoms with E-state index in [1.54, 1.807) is 0 Å². The number of pyridine rings is 1. The second-order valence-corrected chi connectivity index (χ2v) is 7.39. The van der Waals surface area contributed by atoms with Crippen LogP contribution in [-0.2, 0) is 0 Å². The molecule has 140 valence electrons. The van der Waals surface area contributed by atoms with Gasteiger partial charge in [-0.2, -0.15) is 0 Å². The molecule has 1 saturated heterocycles. The summed E-state index contributed by atoms with van der Waals surface area (Å²) in [7, 11) is 2.10. The molecule has 5 heteroatoms. The van der Waals surface area contributed by atoms with Gasteiger partial charge in [0.15, 0.2) is 0 Å². The monoisotopic (exact) mass is 370 g/mol. The fraction of sp³-hybridized carbons (Fsp3) is 0.217. The lowest BCUT2D eigenvalue weighted by Gasteiger charge is -2.32. The Bertz CT molecular complexity index is 1160. The molecular formula is C23H22N4O. The molecule has 2 aromatic heterocycles. The van der Waals surface area contributed by atoms with Crippen molar-refractivity contribution in [1.82, 2.24) is 19.2 Å². The molecule has 0 bridgehead atoms. The maximum absolute atomic E-state index is 13.4. The Kier molecular flexibility index (Phi) is 4.10. The van der Waals surface area contributed by atoms with Crippen LogP contribution in [0.25, 0.3) is 27.7 Å². The number of piperazine rings is 1. The number of fused-ring (bicyclic) bond motifs is 3. The second kappa shape index (κ2) is 6.77. The van der Waals surface area contributed by atoms with E-state index in [1.807, 2.05) is 65.8 Å². The Morgan fingerprint density at radius 3 is 2.32 bits per heavy atom. The van der Waals surface area contributed by atoms with Crippen LogP contribution in [0.3, 0.4) is 0 Å². The molecular weight excluding hydrogens is 348 g/mol. The van der Waals surface area contributed by atoms with Crippen LogP contribution in [0, 0.1) is 0 Å². The predicted molar refractivity (Wildman–Crippen MR) is 112 cm³/mol. The molecule has 0 unspecified atom stereocenters. The summed E-state index contributed by atoms with van der Waals surface area (Å²) in [6, 6.07) is 18.2. The maximum atomic E-state index is 13.4. The van der Waals surface area contributed by atoms with Crippen molar-refractivity contribution in [3.05, 3.63) is 72.6 Å². The minimum absolute atomic E-state index is 0.0962. The summed E-state index contributed by atoms with van der Waals surface area (Å²) in [6.45, 7) is 3.34. The van der Waals surface area contributed by atoms with E-state index in [1.165, 1.54) is 0 Å². The van der Waals surface area contributed by atoms with Gasteiger partial charge in [-0.3, -0.25) is 9.20 Å². The van der Waals surface area contributed by atoms with Crippen LogP contribution < -0.4 is 0 Å². The highest BCUT2D eigenvalue weighted by Gasteiger charge is 2.23. The van der Waals surface area contributed by atoms with E-state index in [0.29, 0.717) is 0 Å². The number of hydrogen-bond acceptors (Lipinski definition) is 3. The Hall–Kier alpha value is -3.18. The van der Waals surface area contributed by atoms with Gasteiger partial charge in [-0.15, -0.1) is 0 Å². The van der Waals surface area contributed by atoms with Gasteiger partial charge < -0.3 is 9.80 Å². The van der Waals surface area contributed by atoms with Crippen LogP contribution in [0.5, 0.6) is 0 Å². The van der Waals surface area contributed by atoms with Crippen LogP contribution in [-0.4, -0.2) is 58.3 Å². The summed E-state index contributed by atoms with van der Waals surface area (Å²) in [5.74, 6) is 0.952. The molecule has 4 aromatic rings. The summed E-state index contributed by atoms with van der Waals surface area (Å²) in [4.78, 5) is 22.3. The first-order chi connectivity index (χ1) is 13.7. The van der Waals surface area contributed by atoms with Crippen molar-refractivity contribution in [1.29, 1.82) is 0 Å². The van der Waals surface area contributed by atoms with Gasteiger partial charge in [-0.05, 0) is 12.4 Å². The molecule has 0 N–H and O–H groups in total. The lowest BCUT2D eigenvalue weighted by atomic mass is 10.0. The molecule has 5 rings (SSSR count). The SMILES string of the molecule is CN1CCN(C(=O)c2cn3c(-c4ccccc4)ncc3c3ccccc23)CC1. The van der Waals surface area contributed by atoms with E-state index in [-0.39, 0.29) is 5.91 Å². The van der Waals surface area contributed by atoms with E-state index < -0.39 is 0 Å². The maximum Gasteiger partial charge on any atom is 0.256 e. The van der Waals surface area contributed by atoms with Gasteiger partial charge >= 0.3 is 0 Å². The number of benzene rings is 2. The van der Waals surface area contributed by atoms with E-state index in [2.05, 4.69) is 27.4 Å². The van der Waals surface area contributed by atoms with Crippen LogP contribution in [0.15, 0.2) is 67.0 Å². The highest BCUT2D eigenvalue weighted by molar-refractivity contribution is 6.11. The molecule has 0 atom stereocenters. The summed E-state index contributed by atoms with van der Waals surface area (Å²) in [6.07, 6.45) is 3.86. The quantitative estimate of drug-likeness (QED) is 0.542. The van der Waals surface area contributed by atoms with Gasteiger partial charge in [0.2, 0.25) is 0 Å². The highest BCUT2D eigenvalue weighted by atomic mass is 16.2. The molecule has 0 saturated carbocycles. The molecule has 0 radical (unpaired) electrons. The molecule has 5 nitrogen and oxygen atoms in total. The van der Waals surface area contributed by atoms with Crippen molar-refractivity contribution in [2.75, 3.05) is 33.2 Å². The number of carbonyl (C=O) groups excluding carboxylic acids is 1. The van der Waals surface area contributed by atoms with Gasteiger partial charge in [-0.25, -0.2) is 4.98 Å². The van der Waals surface area contributed by atoms with E-state index in [0.717, 1.165) is 59.4 Å². The van der Waals surface area contributed by atoms with E-state index in [9.17, 15) is 4.79 Å². The van der Waals surface area contributed by atoms with Crippen molar-refractivity contribution < 1.29 is 4.79 Å². The smallest absolute Gasteiger partial charge is 0.256 e. The van der Waals surface area contributed by atoms with Crippen molar-refractivity contribution in [2.45, 2.75) is 0 Å². The number of nitrogens with zero attached hydrogens (tertiary/aromatic N) is 4. The summed E-state index contributed by atoms with van der Waals surface area (Å²) in [5.41, 5.74) is 2.79.